The van der Waals surface area contributed by atoms with E-state index in [1.165, 1.54) is 6.07 Å². The molecule has 0 bridgehead atoms. The summed E-state index contributed by atoms with van der Waals surface area (Å²) in [6.45, 7) is 4.18. The number of rotatable bonds is 4. The third kappa shape index (κ3) is 2.99. The molecule has 112 valence electrons. The Balaban J connectivity index is 2.48. The molecule has 1 amide bonds. The molecule has 4 N–H and O–H groups in total. The molecule has 1 unspecified atom stereocenters. The number of hydrogen-bond donors (Lipinski definition) is 3. The Morgan fingerprint density at radius 2 is 2.10 bits per heavy atom. The molecular formula is C15H20N4O2. The molecule has 1 aromatic heterocycles. The molecule has 2 aromatic rings. The lowest BCUT2D eigenvalue weighted by Crippen LogP contribution is -2.37. The van der Waals surface area contributed by atoms with Gasteiger partial charge in [-0.25, -0.2) is 0 Å². The van der Waals surface area contributed by atoms with E-state index in [4.69, 9.17) is 5.73 Å². The molecule has 0 aliphatic carbocycles. The van der Waals surface area contributed by atoms with Crippen molar-refractivity contribution in [2.24, 2.45) is 7.05 Å². The number of nitrogens with zero attached hydrogens (tertiary/aromatic N) is 1. The standard InChI is InChI=1S/C15H20N4O2/c1-4-17-15(21)9(2)18-12-8-14(20)19(3)13-6-5-10(16)7-11(12)13/h5-9,18H,4,16H2,1-3H3,(H,17,21). The van der Waals surface area contributed by atoms with Gasteiger partial charge in [0.15, 0.2) is 0 Å². The van der Waals surface area contributed by atoms with E-state index in [2.05, 4.69) is 10.6 Å². The molecule has 0 aliphatic heterocycles. The van der Waals surface area contributed by atoms with E-state index in [0.29, 0.717) is 17.9 Å². The van der Waals surface area contributed by atoms with Crippen LogP contribution >= 0.6 is 0 Å². The van der Waals surface area contributed by atoms with Gasteiger partial charge in [0.25, 0.3) is 5.56 Å². The molecule has 6 heteroatoms. The van der Waals surface area contributed by atoms with Gasteiger partial charge in [-0.05, 0) is 32.0 Å². The summed E-state index contributed by atoms with van der Waals surface area (Å²) in [6, 6.07) is 6.38. The summed E-state index contributed by atoms with van der Waals surface area (Å²) in [5.41, 5.74) is 7.67. The van der Waals surface area contributed by atoms with Crippen molar-refractivity contribution in [2.75, 3.05) is 17.6 Å². The number of aryl methyl sites for hydroxylation is 1. The van der Waals surface area contributed by atoms with E-state index < -0.39 is 6.04 Å². The summed E-state index contributed by atoms with van der Waals surface area (Å²) in [7, 11) is 1.71. The van der Waals surface area contributed by atoms with Crippen LogP contribution in [0.3, 0.4) is 0 Å². The average Bonchev–Trinajstić information content (AvgIpc) is 2.44. The van der Waals surface area contributed by atoms with Gasteiger partial charge in [0, 0.05) is 36.4 Å². The zero-order valence-electron chi connectivity index (χ0n) is 12.4. The van der Waals surface area contributed by atoms with Crippen molar-refractivity contribution in [2.45, 2.75) is 19.9 Å². The van der Waals surface area contributed by atoms with Crippen molar-refractivity contribution in [3.05, 3.63) is 34.6 Å². The fourth-order valence-electron chi connectivity index (χ4n) is 2.22. The number of amides is 1. The Morgan fingerprint density at radius 1 is 1.38 bits per heavy atom. The largest absolute Gasteiger partial charge is 0.399 e. The number of nitrogens with one attached hydrogen (secondary N) is 2. The number of pyridine rings is 1. The minimum absolute atomic E-state index is 0.116. The highest BCUT2D eigenvalue weighted by Gasteiger charge is 2.14. The SMILES string of the molecule is CCNC(=O)C(C)Nc1cc(=O)n(C)c2ccc(N)cc12. The van der Waals surface area contributed by atoms with Crippen molar-refractivity contribution in [3.8, 4) is 0 Å². The van der Waals surface area contributed by atoms with E-state index in [-0.39, 0.29) is 11.5 Å². The Hall–Kier alpha value is -2.50. The highest BCUT2D eigenvalue weighted by Crippen LogP contribution is 2.24. The van der Waals surface area contributed by atoms with Crippen LogP contribution in [-0.4, -0.2) is 23.1 Å². The highest BCUT2D eigenvalue weighted by atomic mass is 16.2. The van der Waals surface area contributed by atoms with Crippen molar-refractivity contribution >= 4 is 28.2 Å². The maximum absolute atomic E-state index is 12.0. The number of anilines is 2. The fourth-order valence-corrected chi connectivity index (χ4v) is 2.22. The monoisotopic (exact) mass is 288 g/mol. The van der Waals surface area contributed by atoms with E-state index in [1.54, 1.807) is 36.7 Å². The molecule has 0 aliphatic rings. The maximum atomic E-state index is 12.0. The smallest absolute Gasteiger partial charge is 0.252 e. The number of likely N-dealkylation sites (N-methyl/N-ethyl adjacent to an activating group) is 1. The van der Waals surface area contributed by atoms with E-state index >= 15 is 0 Å². The molecule has 6 nitrogen and oxygen atoms in total. The second kappa shape index (κ2) is 5.87. The molecule has 1 aromatic carbocycles. The van der Waals surface area contributed by atoms with Crippen LogP contribution < -0.4 is 21.9 Å². The van der Waals surface area contributed by atoms with Crippen LogP contribution in [0, 0.1) is 0 Å². The van der Waals surface area contributed by atoms with Crippen LogP contribution in [0.4, 0.5) is 11.4 Å². The second-order valence-electron chi connectivity index (χ2n) is 4.99. The van der Waals surface area contributed by atoms with E-state index in [9.17, 15) is 9.59 Å². The number of carbonyl (C=O) groups excluding carboxylic acids is 1. The van der Waals surface area contributed by atoms with Crippen molar-refractivity contribution in [3.63, 3.8) is 0 Å². The second-order valence-corrected chi connectivity index (χ2v) is 4.99. The molecule has 21 heavy (non-hydrogen) atoms. The first-order valence-corrected chi connectivity index (χ1v) is 6.87. The summed E-state index contributed by atoms with van der Waals surface area (Å²) in [5, 5.41) is 6.64. The summed E-state index contributed by atoms with van der Waals surface area (Å²) < 4.78 is 1.55. The van der Waals surface area contributed by atoms with Crippen LogP contribution in [0.5, 0.6) is 0 Å². The minimum atomic E-state index is -0.443. The lowest BCUT2D eigenvalue weighted by Gasteiger charge is -2.17. The number of fused-ring (bicyclic) bond motifs is 1. The number of benzene rings is 1. The van der Waals surface area contributed by atoms with Gasteiger partial charge in [0.2, 0.25) is 5.91 Å². The van der Waals surface area contributed by atoms with Gasteiger partial charge in [-0.15, -0.1) is 0 Å². The molecule has 1 heterocycles. The number of hydrogen-bond acceptors (Lipinski definition) is 4. The lowest BCUT2D eigenvalue weighted by atomic mass is 10.1. The number of carbonyl (C=O) groups is 1. The first-order chi connectivity index (χ1) is 9.93. The van der Waals surface area contributed by atoms with Crippen molar-refractivity contribution < 1.29 is 4.79 Å². The first-order valence-electron chi connectivity index (χ1n) is 6.87. The molecule has 1 atom stereocenters. The van der Waals surface area contributed by atoms with Gasteiger partial charge in [-0.3, -0.25) is 9.59 Å². The van der Waals surface area contributed by atoms with Crippen molar-refractivity contribution in [1.82, 2.24) is 9.88 Å². The normalized spacial score (nSPS) is 12.1. The van der Waals surface area contributed by atoms with Crippen LogP contribution in [0.2, 0.25) is 0 Å². The first kappa shape index (κ1) is 14.9. The number of nitrogens with two attached hydrogens (primary N) is 1. The fraction of sp³-hybridized carbons (Fsp3) is 0.333. The Kier molecular flexibility index (Phi) is 4.16. The van der Waals surface area contributed by atoms with Crippen molar-refractivity contribution in [1.29, 1.82) is 0 Å². The van der Waals surface area contributed by atoms with Gasteiger partial charge >= 0.3 is 0 Å². The molecule has 0 radical (unpaired) electrons. The van der Waals surface area contributed by atoms with Gasteiger partial charge in [-0.2, -0.15) is 0 Å². The summed E-state index contributed by atoms with van der Waals surface area (Å²) >= 11 is 0. The lowest BCUT2D eigenvalue weighted by molar-refractivity contribution is -0.121. The molecule has 0 fully saturated rings. The topological polar surface area (TPSA) is 89.2 Å². The molecule has 0 spiro atoms. The summed E-state index contributed by atoms with van der Waals surface area (Å²) in [6.07, 6.45) is 0. The summed E-state index contributed by atoms with van der Waals surface area (Å²) in [4.78, 5) is 23.8. The third-order valence-corrected chi connectivity index (χ3v) is 3.39. The summed E-state index contributed by atoms with van der Waals surface area (Å²) in [5.74, 6) is -0.116. The Labute approximate surface area is 122 Å². The zero-order chi connectivity index (χ0) is 15.6. The van der Waals surface area contributed by atoms with Crippen LogP contribution in [0.1, 0.15) is 13.8 Å². The predicted octanol–water partition coefficient (Wildman–Crippen LogP) is 1.06. The Morgan fingerprint density at radius 3 is 2.76 bits per heavy atom. The molecule has 0 saturated carbocycles. The highest BCUT2D eigenvalue weighted by molar-refractivity contribution is 5.95. The third-order valence-electron chi connectivity index (χ3n) is 3.39. The molecular weight excluding hydrogens is 268 g/mol. The van der Waals surface area contributed by atoms with Crippen LogP contribution in [-0.2, 0) is 11.8 Å². The Bertz CT molecular complexity index is 736. The predicted molar refractivity (Wildman–Crippen MR) is 85.4 cm³/mol. The quantitative estimate of drug-likeness (QED) is 0.734. The van der Waals surface area contributed by atoms with Gasteiger partial charge in [0.05, 0.1) is 5.52 Å². The average molecular weight is 288 g/mol. The molecule has 0 saturated heterocycles. The number of aromatic nitrogens is 1. The molecule has 2 rings (SSSR count). The van der Waals surface area contributed by atoms with E-state index in [0.717, 1.165) is 10.9 Å². The van der Waals surface area contributed by atoms with E-state index in [1.807, 2.05) is 6.92 Å². The number of nitrogen functional groups attached to an aromatic ring is 1. The van der Waals surface area contributed by atoms with Crippen LogP contribution in [0.15, 0.2) is 29.1 Å². The van der Waals surface area contributed by atoms with Gasteiger partial charge < -0.3 is 20.9 Å². The minimum Gasteiger partial charge on any atom is -0.399 e. The zero-order valence-corrected chi connectivity index (χ0v) is 12.4. The van der Waals surface area contributed by atoms with Gasteiger partial charge in [0.1, 0.15) is 6.04 Å². The van der Waals surface area contributed by atoms with Gasteiger partial charge in [-0.1, -0.05) is 0 Å². The van der Waals surface area contributed by atoms with Crippen LogP contribution in [0.25, 0.3) is 10.9 Å². The maximum Gasteiger partial charge on any atom is 0.252 e.